The Morgan fingerprint density at radius 3 is 2.67 bits per heavy atom. The second kappa shape index (κ2) is 11.5. The largest absolute Gasteiger partial charge is 0.316 e. The Morgan fingerprint density at radius 2 is 2.07 bits per heavy atom. The first-order valence-electron chi connectivity index (χ1n) is 6.33. The third-order valence-corrected chi connectivity index (χ3v) is 2.54. The van der Waals surface area contributed by atoms with E-state index in [0.29, 0.717) is 5.92 Å². The highest BCUT2D eigenvalue weighted by Gasteiger charge is 1.99. The van der Waals surface area contributed by atoms with Gasteiger partial charge in [0.05, 0.1) is 0 Å². The summed E-state index contributed by atoms with van der Waals surface area (Å²) >= 11 is 0. The molecule has 0 aromatic rings. The van der Waals surface area contributed by atoms with E-state index < -0.39 is 0 Å². The van der Waals surface area contributed by atoms with E-state index in [0.717, 1.165) is 19.5 Å². The number of hydrogen-bond acceptors (Lipinski definition) is 1. The summed E-state index contributed by atoms with van der Waals surface area (Å²) in [7, 11) is 0. The molecule has 0 amide bonds. The van der Waals surface area contributed by atoms with E-state index in [4.69, 9.17) is 0 Å². The fourth-order valence-electron chi connectivity index (χ4n) is 1.48. The number of rotatable bonds is 10. The van der Waals surface area contributed by atoms with Gasteiger partial charge in [0.25, 0.3) is 0 Å². The molecule has 0 rings (SSSR count). The van der Waals surface area contributed by atoms with Crippen LogP contribution in [-0.4, -0.2) is 13.1 Å². The third-order valence-electron chi connectivity index (χ3n) is 2.54. The Hall–Kier alpha value is -0.560. The highest BCUT2D eigenvalue weighted by atomic mass is 14.8. The molecule has 0 aromatic carbocycles. The van der Waals surface area contributed by atoms with Crippen molar-refractivity contribution in [1.82, 2.24) is 5.32 Å². The standard InChI is InChI=1S/C14H27N/c1-4-7-8-9-10-11-14(6-3)13-15-12-5-2/h4,10-11,14-15H,1,5-9,12-13H2,2-3H3/b11-10+. The van der Waals surface area contributed by atoms with Gasteiger partial charge < -0.3 is 5.32 Å². The van der Waals surface area contributed by atoms with Gasteiger partial charge in [-0.25, -0.2) is 0 Å². The predicted molar refractivity (Wildman–Crippen MR) is 70.1 cm³/mol. The average Bonchev–Trinajstić information content (AvgIpc) is 2.26. The highest BCUT2D eigenvalue weighted by molar-refractivity contribution is 4.89. The summed E-state index contributed by atoms with van der Waals surface area (Å²) < 4.78 is 0. The van der Waals surface area contributed by atoms with Crippen LogP contribution in [0.25, 0.3) is 0 Å². The van der Waals surface area contributed by atoms with Crippen molar-refractivity contribution in [3.63, 3.8) is 0 Å². The van der Waals surface area contributed by atoms with Gasteiger partial charge in [-0.2, -0.15) is 0 Å². The van der Waals surface area contributed by atoms with Crippen LogP contribution < -0.4 is 5.32 Å². The Kier molecular flexibility index (Phi) is 11.1. The summed E-state index contributed by atoms with van der Waals surface area (Å²) in [6, 6.07) is 0. The van der Waals surface area contributed by atoms with E-state index in [1.165, 1.54) is 25.7 Å². The maximum absolute atomic E-state index is 3.73. The summed E-state index contributed by atoms with van der Waals surface area (Å²) in [6.07, 6.45) is 12.7. The first-order chi connectivity index (χ1) is 7.35. The van der Waals surface area contributed by atoms with Crippen molar-refractivity contribution >= 4 is 0 Å². The molecule has 0 saturated heterocycles. The third kappa shape index (κ3) is 9.74. The molecule has 0 heterocycles. The van der Waals surface area contributed by atoms with Crippen LogP contribution in [0.5, 0.6) is 0 Å². The van der Waals surface area contributed by atoms with E-state index >= 15 is 0 Å². The number of allylic oxidation sites excluding steroid dienone is 2. The molecule has 0 aromatic heterocycles. The zero-order valence-electron chi connectivity index (χ0n) is 10.5. The summed E-state index contributed by atoms with van der Waals surface area (Å²) in [5, 5.41) is 3.47. The van der Waals surface area contributed by atoms with Crippen molar-refractivity contribution < 1.29 is 0 Å². The molecular formula is C14H27N. The lowest BCUT2D eigenvalue weighted by atomic mass is 10.1. The molecule has 0 aliphatic rings. The van der Waals surface area contributed by atoms with Crippen LogP contribution in [-0.2, 0) is 0 Å². The molecule has 1 atom stereocenters. The smallest absolute Gasteiger partial charge is 0.00141 e. The van der Waals surface area contributed by atoms with E-state index in [1.807, 2.05) is 6.08 Å². The predicted octanol–water partition coefficient (Wildman–Crippen LogP) is 3.92. The maximum atomic E-state index is 3.73. The van der Waals surface area contributed by atoms with E-state index in [9.17, 15) is 0 Å². The number of unbranched alkanes of at least 4 members (excludes halogenated alkanes) is 2. The van der Waals surface area contributed by atoms with E-state index in [2.05, 4.69) is 37.9 Å². The lowest BCUT2D eigenvalue weighted by Gasteiger charge is -2.10. The second-order valence-electron chi connectivity index (χ2n) is 4.02. The minimum absolute atomic E-state index is 0.709. The van der Waals surface area contributed by atoms with Crippen LogP contribution in [0.3, 0.4) is 0 Å². The van der Waals surface area contributed by atoms with Crippen molar-refractivity contribution in [2.24, 2.45) is 5.92 Å². The van der Waals surface area contributed by atoms with Gasteiger partial charge in [-0.05, 0) is 44.6 Å². The molecule has 0 saturated carbocycles. The SMILES string of the molecule is C=CCCC/C=C/C(CC)CNCCC. The summed E-state index contributed by atoms with van der Waals surface area (Å²) in [5.41, 5.74) is 0. The van der Waals surface area contributed by atoms with Gasteiger partial charge in [0, 0.05) is 6.54 Å². The molecule has 0 aliphatic carbocycles. The van der Waals surface area contributed by atoms with Gasteiger partial charge in [-0.1, -0.05) is 32.1 Å². The molecule has 0 aliphatic heterocycles. The van der Waals surface area contributed by atoms with Gasteiger partial charge >= 0.3 is 0 Å². The van der Waals surface area contributed by atoms with E-state index in [1.54, 1.807) is 0 Å². The van der Waals surface area contributed by atoms with Crippen molar-refractivity contribution in [1.29, 1.82) is 0 Å². The van der Waals surface area contributed by atoms with Gasteiger partial charge in [-0.15, -0.1) is 6.58 Å². The van der Waals surface area contributed by atoms with Crippen LogP contribution in [0.1, 0.15) is 46.0 Å². The molecule has 0 fully saturated rings. The van der Waals surface area contributed by atoms with Gasteiger partial charge in [0.1, 0.15) is 0 Å². The Morgan fingerprint density at radius 1 is 1.27 bits per heavy atom. The first-order valence-corrected chi connectivity index (χ1v) is 6.33. The number of nitrogens with one attached hydrogen (secondary N) is 1. The summed E-state index contributed by atoms with van der Waals surface area (Å²) in [6.45, 7) is 10.5. The maximum Gasteiger partial charge on any atom is 0.00141 e. The number of hydrogen-bond donors (Lipinski definition) is 1. The zero-order chi connectivity index (χ0) is 11.4. The van der Waals surface area contributed by atoms with Crippen LogP contribution in [0, 0.1) is 5.92 Å². The van der Waals surface area contributed by atoms with Crippen LogP contribution in [0.4, 0.5) is 0 Å². The fraction of sp³-hybridized carbons (Fsp3) is 0.714. The van der Waals surface area contributed by atoms with Crippen molar-refractivity contribution in [3.8, 4) is 0 Å². The molecule has 1 N–H and O–H groups in total. The normalized spacial score (nSPS) is 13.2. The minimum Gasteiger partial charge on any atom is -0.316 e. The van der Waals surface area contributed by atoms with Crippen molar-refractivity contribution in [2.75, 3.05) is 13.1 Å². The lowest BCUT2D eigenvalue weighted by molar-refractivity contribution is 0.541. The summed E-state index contributed by atoms with van der Waals surface area (Å²) in [4.78, 5) is 0. The molecule has 1 unspecified atom stereocenters. The molecule has 1 nitrogen and oxygen atoms in total. The molecule has 0 spiro atoms. The Balaban J connectivity index is 3.53. The molecule has 0 bridgehead atoms. The average molecular weight is 209 g/mol. The van der Waals surface area contributed by atoms with Gasteiger partial charge in [0.2, 0.25) is 0 Å². The van der Waals surface area contributed by atoms with Crippen LogP contribution in [0.15, 0.2) is 24.8 Å². The summed E-state index contributed by atoms with van der Waals surface area (Å²) in [5.74, 6) is 0.709. The van der Waals surface area contributed by atoms with Crippen LogP contribution >= 0.6 is 0 Å². The second-order valence-corrected chi connectivity index (χ2v) is 4.02. The highest BCUT2D eigenvalue weighted by Crippen LogP contribution is 2.05. The Labute approximate surface area is 95.7 Å². The van der Waals surface area contributed by atoms with Gasteiger partial charge in [-0.3, -0.25) is 0 Å². The molecule has 0 radical (unpaired) electrons. The molecular weight excluding hydrogens is 182 g/mol. The zero-order valence-corrected chi connectivity index (χ0v) is 10.5. The molecule has 15 heavy (non-hydrogen) atoms. The first kappa shape index (κ1) is 14.4. The minimum atomic E-state index is 0.709. The van der Waals surface area contributed by atoms with Crippen molar-refractivity contribution in [3.05, 3.63) is 24.8 Å². The molecule has 88 valence electrons. The van der Waals surface area contributed by atoms with Crippen LogP contribution in [0.2, 0.25) is 0 Å². The Bertz CT molecular complexity index is 161. The monoisotopic (exact) mass is 209 g/mol. The van der Waals surface area contributed by atoms with E-state index in [-0.39, 0.29) is 0 Å². The topological polar surface area (TPSA) is 12.0 Å². The van der Waals surface area contributed by atoms with Crippen molar-refractivity contribution in [2.45, 2.75) is 46.0 Å². The van der Waals surface area contributed by atoms with Gasteiger partial charge in [0.15, 0.2) is 0 Å². The quantitative estimate of drug-likeness (QED) is 0.425. The lowest BCUT2D eigenvalue weighted by Crippen LogP contribution is -2.21. The fourth-order valence-corrected chi connectivity index (χ4v) is 1.48. The molecule has 1 heteroatoms.